The predicted octanol–water partition coefficient (Wildman–Crippen LogP) is 5.41. The number of sulfonamides is 1. The van der Waals surface area contributed by atoms with Crippen molar-refractivity contribution < 1.29 is 26.4 Å². The largest absolute Gasteiger partial charge is 0.416 e. The number of aryl methyl sites for hydroxylation is 2. The summed E-state index contributed by atoms with van der Waals surface area (Å²) >= 11 is 0. The van der Waals surface area contributed by atoms with Crippen molar-refractivity contribution in [3.63, 3.8) is 0 Å². The first-order valence-corrected chi connectivity index (χ1v) is 15.1. The number of carbonyl (C=O) groups is 1. The van der Waals surface area contributed by atoms with Gasteiger partial charge in [-0.25, -0.2) is 13.4 Å². The van der Waals surface area contributed by atoms with Crippen molar-refractivity contribution in [1.29, 1.82) is 0 Å². The number of aromatic nitrogens is 1. The Morgan fingerprint density at radius 3 is 2.12 bits per heavy atom. The molecule has 0 N–H and O–H groups in total. The van der Waals surface area contributed by atoms with Gasteiger partial charge in [0.15, 0.2) is 0 Å². The van der Waals surface area contributed by atoms with E-state index in [0.29, 0.717) is 43.2 Å². The maximum atomic E-state index is 14.0. The fourth-order valence-electron chi connectivity index (χ4n) is 5.18. The third-order valence-corrected chi connectivity index (χ3v) is 8.97. The average Bonchev–Trinajstić information content (AvgIpc) is 2.91. The summed E-state index contributed by atoms with van der Waals surface area (Å²) in [6.45, 7) is 8.38. The van der Waals surface area contributed by atoms with Gasteiger partial charge in [0.1, 0.15) is 5.82 Å². The lowest BCUT2D eigenvalue weighted by Gasteiger charge is -2.35. The van der Waals surface area contributed by atoms with Crippen molar-refractivity contribution in [1.82, 2.24) is 9.29 Å². The molecule has 0 saturated carbocycles. The van der Waals surface area contributed by atoms with Crippen LogP contribution in [0.4, 0.5) is 24.7 Å². The normalized spacial score (nSPS) is 15.2. The number of halogens is 3. The van der Waals surface area contributed by atoms with Crippen LogP contribution in [0.1, 0.15) is 36.1 Å². The second-order valence-corrected chi connectivity index (χ2v) is 13.1. The maximum absolute atomic E-state index is 14.0. The molecule has 1 saturated heterocycles. The van der Waals surface area contributed by atoms with Gasteiger partial charge >= 0.3 is 6.18 Å². The molecule has 3 aromatic rings. The molecule has 0 bridgehead atoms. The van der Waals surface area contributed by atoms with Crippen LogP contribution in [-0.2, 0) is 26.4 Å². The van der Waals surface area contributed by atoms with E-state index in [1.165, 1.54) is 15.5 Å². The minimum Gasteiger partial charge on any atom is -0.354 e. The molecule has 1 amide bonds. The molecular formula is C30H35F3N4O3S. The summed E-state index contributed by atoms with van der Waals surface area (Å²) in [4.78, 5) is 22.1. The van der Waals surface area contributed by atoms with Crippen molar-refractivity contribution in [2.75, 3.05) is 49.3 Å². The molecule has 0 unspecified atom stereocenters. The highest BCUT2D eigenvalue weighted by Gasteiger charge is 2.38. The number of likely N-dealkylation sites (N-methyl/N-ethyl adjacent to an activating group) is 1. The van der Waals surface area contributed by atoms with Gasteiger partial charge in [-0.15, -0.1) is 0 Å². The van der Waals surface area contributed by atoms with Crippen LogP contribution < -0.4 is 9.80 Å². The summed E-state index contributed by atoms with van der Waals surface area (Å²) in [6.07, 6.45) is -1.73. The first-order chi connectivity index (χ1) is 19.0. The minimum absolute atomic E-state index is 0.271. The Hall–Kier alpha value is -3.44. The van der Waals surface area contributed by atoms with Crippen LogP contribution in [0.5, 0.6) is 0 Å². The molecule has 0 atom stereocenters. The van der Waals surface area contributed by atoms with Gasteiger partial charge in [-0.2, -0.15) is 17.5 Å². The van der Waals surface area contributed by atoms with Gasteiger partial charge in [0.2, 0.25) is 15.9 Å². The molecule has 2 heterocycles. The Kier molecular flexibility index (Phi) is 8.26. The smallest absolute Gasteiger partial charge is 0.354 e. The monoisotopic (exact) mass is 588 g/mol. The molecular weight excluding hydrogens is 553 g/mol. The molecule has 0 aliphatic carbocycles. The summed E-state index contributed by atoms with van der Waals surface area (Å²) in [5, 5.41) is 0. The van der Waals surface area contributed by atoms with E-state index >= 15 is 0 Å². The molecule has 41 heavy (non-hydrogen) atoms. The summed E-state index contributed by atoms with van der Waals surface area (Å²) in [5.74, 6) is 0.260. The van der Waals surface area contributed by atoms with E-state index < -0.39 is 27.2 Å². The summed E-state index contributed by atoms with van der Waals surface area (Å²) in [6, 6.07) is 13.3. The lowest BCUT2D eigenvalue weighted by molar-refractivity contribution is -0.137. The molecule has 4 rings (SSSR count). The van der Waals surface area contributed by atoms with Crippen molar-refractivity contribution in [2.24, 2.45) is 0 Å². The number of pyridine rings is 1. The number of carbonyl (C=O) groups excluding carboxylic acids is 1. The molecule has 0 spiro atoms. The van der Waals surface area contributed by atoms with E-state index in [2.05, 4.69) is 4.98 Å². The Morgan fingerprint density at radius 1 is 0.927 bits per heavy atom. The molecule has 220 valence electrons. The van der Waals surface area contributed by atoms with Crippen LogP contribution in [0.15, 0.2) is 54.7 Å². The molecule has 1 aliphatic heterocycles. The van der Waals surface area contributed by atoms with E-state index in [4.69, 9.17) is 0 Å². The van der Waals surface area contributed by atoms with Gasteiger partial charge in [-0.3, -0.25) is 4.79 Å². The average molecular weight is 589 g/mol. The number of hydrogen-bond donors (Lipinski definition) is 0. The van der Waals surface area contributed by atoms with E-state index in [0.717, 1.165) is 28.8 Å². The molecule has 2 aromatic carbocycles. The zero-order chi connectivity index (χ0) is 30.3. The van der Waals surface area contributed by atoms with Gasteiger partial charge in [0.05, 0.1) is 29.1 Å². The second kappa shape index (κ2) is 11.1. The Morgan fingerprint density at radius 2 is 1.54 bits per heavy atom. The van der Waals surface area contributed by atoms with Gasteiger partial charge in [-0.1, -0.05) is 35.9 Å². The van der Waals surface area contributed by atoms with Crippen molar-refractivity contribution in [3.8, 4) is 11.1 Å². The lowest BCUT2D eigenvalue weighted by Crippen LogP contribution is -2.48. The topological polar surface area (TPSA) is 73.8 Å². The number of benzene rings is 2. The predicted molar refractivity (Wildman–Crippen MR) is 156 cm³/mol. The fraction of sp³-hybridized carbons (Fsp3) is 0.400. The van der Waals surface area contributed by atoms with Crippen molar-refractivity contribution in [2.45, 2.75) is 39.3 Å². The SMILES string of the molecule is Cc1cc(C(F)(F)F)cc(C(C)(C)C(=O)N(C)c2cnc(N3CCN(S(C)(=O)=O)CC3)cc2-c2ccccc2C)c1. The Labute approximate surface area is 239 Å². The quantitative estimate of drug-likeness (QED) is 0.385. The third kappa shape index (κ3) is 6.41. The number of nitrogens with zero attached hydrogens (tertiary/aromatic N) is 4. The van der Waals surface area contributed by atoms with Gasteiger partial charge in [0, 0.05) is 38.8 Å². The lowest BCUT2D eigenvalue weighted by atomic mass is 9.81. The van der Waals surface area contributed by atoms with Crippen molar-refractivity contribution in [3.05, 3.63) is 77.0 Å². The number of piperazine rings is 1. The van der Waals surface area contributed by atoms with E-state index in [-0.39, 0.29) is 11.5 Å². The highest BCUT2D eigenvalue weighted by atomic mass is 32.2. The van der Waals surface area contributed by atoms with E-state index in [1.54, 1.807) is 40.1 Å². The second-order valence-electron chi connectivity index (χ2n) is 11.1. The highest BCUT2D eigenvalue weighted by Crippen LogP contribution is 2.39. The van der Waals surface area contributed by atoms with E-state index in [9.17, 15) is 26.4 Å². The Bertz CT molecular complexity index is 1560. The first kappa shape index (κ1) is 30.5. The highest BCUT2D eigenvalue weighted by molar-refractivity contribution is 7.88. The van der Waals surface area contributed by atoms with Gasteiger partial charge < -0.3 is 9.80 Å². The number of alkyl halides is 3. The maximum Gasteiger partial charge on any atom is 0.416 e. The minimum atomic E-state index is -4.53. The number of hydrogen-bond acceptors (Lipinski definition) is 5. The zero-order valence-corrected chi connectivity index (χ0v) is 24.9. The van der Waals surface area contributed by atoms with Crippen LogP contribution in [-0.4, -0.2) is 63.1 Å². The molecule has 1 aliphatic rings. The van der Waals surface area contributed by atoms with E-state index in [1.807, 2.05) is 42.2 Å². The molecule has 7 nitrogen and oxygen atoms in total. The summed E-state index contributed by atoms with van der Waals surface area (Å²) < 4.78 is 66.1. The first-order valence-electron chi connectivity index (χ1n) is 13.2. The number of amides is 1. The number of rotatable bonds is 6. The van der Waals surface area contributed by atoms with Crippen LogP contribution in [0, 0.1) is 13.8 Å². The molecule has 0 radical (unpaired) electrons. The van der Waals surface area contributed by atoms with Crippen LogP contribution in [0.3, 0.4) is 0 Å². The van der Waals surface area contributed by atoms with Gasteiger partial charge in [0.25, 0.3) is 0 Å². The van der Waals surface area contributed by atoms with Crippen LogP contribution in [0.2, 0.25) is 0 Å². The van der Waals surface area contributed by atoms with Crippen LogP contribution >= 0.6 is 0 Å². The summed E-state index contributed by atoms with van der Waals surface area (Å²) in [5.41, 5.74) is 1.73. The zero-order valence-electron chi connectivity index (χ0n) is 24.1. The van der Waals surface area contributed by atoms with Crippen LogP contribution in [0.25, 0.3) is 11.1 Å². The molecule has 1 aromatic heterocycles. The number of anilines is 2. The molecule has 11 heteroatoms. The van der Waals surface area contributed by atoms with Gasteiger partial charge in [-0.05, 0) is 62.6 Å². The standard InChI is InChI=1S/C30H35F3N4O3S/c1-20-15-22(17-23(16-20)30(31,32)33)29(3,4)28(38)35(5)26-19-34-27(18-25(26)24-10-8-7-9-21(24)2)36-11-13-37(14-12-36)41(6,39)40/h7-10,15-19H,11-14H2,1-6H3. The summed E-state index contributed by atoms with van der Waals surface area (Å²) in [7, 11) is -1.68. The fourth-order valence-corrected chi connectivity index (χ4v) is 6.00. The molecule has 1 fully saturated rings. The van der Waals surface area contributed by atoms with Crippen molar-refractivity contribution >= 4 is 27.4 Å². The third-order valence-electron chi connectivity index (χ3n) is 7.66. The Balaban J connectivity index is 1.74.